The van der Waals surface area contributed by atoms with Gasteiger partial charge in [0.05, 0.1) is 23.7 Å². The summed E-state index contributed by atoms with van der Waals surface area (Å²) in [6.45, 7) is 1.40. The summed E-state index contributed by atoms with van der Waals surface area (Å²) in [4.78, 5) is 13.8. The zero-order chi connectivity index (χ0) is 15.3. The van der Waals surface area contributed by atoms with Gasteiger partial charge in [-0.3, -0.25) is 4.79 Å². The summed E-state index contributed by atoms with van der Waals surface area (Å²) < 4.78 is 5.23. The molecule has 0 unspecified atom stereocenters. The first-order valence-electron chi connectivity index (χ1n) is 7.05. The average Bonchev–Trinajstić information content (AvgIpc) is 2.48. The third kappa shape index (κ3) is 4.28. The number of carbonyl (C=O) groups excluding carboxylic acids is 1. The van der Waals surface area contributed by atoms with Crippen LogP contribution in [-0.4, -0.2) is 48.3 Å². The van der Waals surface area contributed by atoms with Gasteiger partial charge in [-0.1, -0.05) is 12.1 Å². The minimum Gasteiger partial charge on any atom is -0.388 e. The first-order valence-corrected chi connectivity index (χ1v) is 7.05. The smallest absolute Gasteiger partial charge is 0.226 e. The van der Waals surface area contributed by atoms with E-state index < -0.39 is 5.60 Å². The molecule has 0 bridgehead atoms. The first-order chi connectivity index (χ1) is 10.0. The van der Waals surface area contributed by atoms with E-state index in [1.165, 1.54) is 0 Å². The second-order valence-electron chi connectivity index (χ2n) is 5.57. The summed E-state index contributed by atoms with van der Waals surface area (Å²) >= 11 is 0. The highest BCUT2D eigenvalue weighted by atomic mass is 16.5. The van der Waals surface area contributed by atoms with Crippen molar-refractivity contribution in [1.82, 2.24) is 4.90 Å². The first kappa shape index (κ1) is 15.5. The van der Waals surface area contributed by atoms with Crippen LogP contribution in [0.3, 0.4) is 0 Å². The molecule has 1 fully saturated rings. The number of rotatable bonds is 4. The predicted octanol–water partition coefficient (Wildman–Crippen LogP) is 1.10. The lowest BCUT2D eigenvalue weighted by Crippen LogP contribution is -2.47. The fourth-order valence-corrected chi connectivity index (χ4v) is 2.45. The van der Waals surface area contributed by atoms with Crippen LogP contribution in [0.15, 0.2) is 24.3 Å². The van der Waals surface area contributed by atoms with Crippen molar-refractivity contribution in [1.29, 1.82) is 5.26 Å². The van der Waals surface area contributed by atoms with E-state index in [1.54, 1.807) is 36.2 Å². The van der Waals surface area contributed by atoms with E-state index in [2.05, 4.69) is 0 Å². The molecule has 21 heavy (non-hydrogen) atoms. The number of likely N-dealkylation sites (N-methyl/N-ethyl adjacent to an activating group) is 1. The molecule has 1 aliphatic heterocycles. The number of nitriles is 1. The van der Waals surface area contributed by atoms with Gasteiger partial charge in [-0.05, 0) is 17.7 Å². The van der Waals surface area contributed by atoms with Crippen molar-refractivity contribution < 1.29 is 14.6 Å². The SMILES string of the molecule is CN(CC1(O)CCOCC1)C(=O)Cc1ccc(C#N)cc1. The molecule has 1 saturated heterocycles. The predicted molar refractivity (Wildman–Crippen MR) is 77.5 cm³/mol. The molecule has 0 saturated carbocycles. The Bertz CT molecular complexity index is 527. The Kier molecular flexibility index (Phi) is 4.94. The highest BCUT2D eigenvalue weighted by molar-refractivity contribution is 5.78. The molecular formula is C16H20N2O3. The molecule has 1 aromatic carbocycles. The van der Waals surface area contributed by atoms with E-state index in [9.17, 15) is 9.90 Å². The van der Waals surface area contributed by atoms with Crippen LogP contribution in [0.4, 0.5) is 0 Å². The molecule has 1 N–H and O–H groups in total. The van der Waals surface area contributed by atoms with Gasteiger partial charge < -0.3 is 14.7 Å². The maximum atomic E-state index is 12.2. The number of hydrogen-bond donors (Lipinski definition) is 1. The largest absolute Gasteiger partial charge is 0.388 e. The number of benzene rings is 1. The zero-order valence-corrected chi connectivity index (χ0v) is 12.2. The van der Waals surface area contributed by atoms with Crippen LogP contribution >= 0.6 is 0 Å². The van der Waals surface area contributed by atoms with Gasteiger partial charge in [-0.2, -0.15) is 5.26 Å². The Morgan fingerprint density at radius 1 is 1.38 bits per heavy atom. The van der Waals surface area contributed by atoms with Crippen molar-refractivity contribution in [2.45, 2.75) is 24.9 Å². The maximum absolute atomic E-state index is 12.2. The van der Waals surface area contributed by atoms with Crippen molar-refractivity contribution in [3.8, 4) is 6.07 Å². The molecule has 1 aliphatic rings. The van der Waals surface area contributed by atoms with Gasteiger partial charge in [-0.15, -0.1) is 0 Å². The van der Waals surface area contributed by atoms with Gasteiger partial charge >= 0.3 is 0 Å². The fourth-order valence-electron chi connectivity index (χ4n) is 2.45. The normalized spacial score (nSPS) is 17.0. The quantitative estimate of drug-likeness (QED) is 0.900. The molecule has 0 radical (unpaired) electrons. The summed E-state index contributed by atoms with van der Waals surface area (Å²) in [7, 11) is 1.71. The molecule has 5 nitrogen and oxygen atoms in total. The monoisotopic (exact) mass is 288 g/mol. The summed E-state index contributed by atoms with van der Waals surface area (Å²) in [5.74, 6) is -0.0420. The molecule has 0 atom stereocenters. The number of nitrogens with zero attached hydrogens (tertiary/aromatic N) is 2. The van der Waals surface area contributed by atoms with Crippen LogP contribution < -0.4 is 0 Å². The highest BCUT2D eigenvalue weighted by Gasteiger charge is 2.32. The van der Waals surface area contributed by atoms with Crippen molar-refractivity contribution in [3.05, 3.63) is 35.4 Å². The summed E-state index contributed by atoms with van der Waals surface area (Å²) in [6.07, 6.45) is 1.39. The molecule has 5 heteroatoms. The van der Waals surface area contributed by atoms with Gasteiger partial charge in [0.1, 0.15) is 0 Å². The van der Waals surface area contributed by atoms with Crippen LogP contribution in [0.1, 0.15) is 24.0 Å². The third-order valence-corrected chi connectivity index (χ3v) is 3.82. The topological polar surface area (TPSA) is 73.6 Å². The van der Waals surface area contributed by atoms with Crippen molar-refractivity contribution in [3.63, 3.8) is 0 Å². The molecule has 0 aliphatic carbocycles. The van der Waals surface area contributed by atoms with Crippen molar-refractivity contribution in [2.75, 3.05) is 26.8 Å². The standard InChI is InChI=1S/C16H20N2O3/c1-18(12-16(20)6-8-21-9-7-16)15(19)10-13-2-4-14(11-17)5-3-13/h2-5,20H,6-10,12H2,1H3. The molecule has 0 aromatic heterocycles. The number of aliphatic hydroxyl groups is 1. The third-order valence-electron chi connectivity index (χ3n) is 3.82. The van der Waals surface area contributed by atoms with E-state index in [0.717, 1.165) is 5.56 Å². The second-order valence-corrected chi connectivity index (χ2v) is 5.57. The van der Waals surface area contributed by atoms with Crippen LogP contribution in [0, 0.1) is 11.3 Å². The lowest BCUT2D eigenvalue weighted by molar-refractivity contribution is -0.136. The fraction of sp³-hybridized carbons (Fsp3) is 0.500. The zero-order valence-electron chi connectivity index (χ0n) is 12.2. The van der Waals surface area contributed by atoms with Gasteiger partial charge in [0, 0.05) is 39.6 Å². The summed E-state index contributed by atoms with van der Waals surface area (Å²) in [5.41, 5.74) is 0.605. The van der Waals surface area contributed by atoms with E-state index in [1.807, 2.05) is 6.07 Å². The Morgan fingerprint density at radius 2 is 2.00 bits per heavy atom. The van der Waals surface area contributed by atoms with Crippen LogP contribution in [0.5, 0.6) is 0 Å². The van der Waals surface area contributed by atoms with E-state index in [-0.39, 0.29) is 12.3 Å². The maximum Gasteiger partial charge on any atom is 0.226 e. The van der Waals surface area contributed by atoms with Crippen LogP contribution in [0.25, 0.3) is 0 Å². The molecule has 1 amide bonds. The summed E-state index contributed by atoms with van der Waals surface area (Å²) in [6, 6.07) is 9.03. The van der Waals surface area contributed by atoms with Gasteiger partial charge in [0.2, 0.25) is 5.91 Å². The highest BCUT2D eigenvalue weighted by Crippen LogP contribution is 2.21. The lowest BCUT2D eigenvalue weighted by atomic mass is 9.94. The minimum absolute atomic E-state index is 0.0420. The van der Waals surface area contributed by atoms with Crippen LogP contribution in [0.2, 0.25) is 0 Å². The molecule has 2 rings (SSSR count). The van der Waals surface area contributed by atoms with Crippen molar-refractivity contribution in [2.24, 2.45) is 0 Å². The minimum atomic E-state index is -0.840. The Hall–Kier alpha value is -1.90. The van der Waals surface area contributed by atoms with Gasteiger partial charge in [0.15, 0.2) is 0 Å². The Morgan fingerprint density at radius 3 is 2.57 bits per heavy atom. The van der Waals surface area contributed by atoms with Gasteiger partial charge in [0.25, 0.3) is 0 Å². The number of ether oxygens (including phenoxy) is 1. The molecular weight excluding hydrogens is 268 g/mol. The molecule has 1 aromatic rings. The summed E-state index contributed by atoms with van der Waals surface area (Å²) in [5, 5.41) is 19.2. The van der Waals surface area contributed by atoms with Gasteiger partial charge in [-0.25, -0.2) is 0 Å². The Balaban J connectivity index is 1.91. The molecule has 112 valence electrons. The van der Waals surface area contributed by atoms with E-state index in [4.69, 9.17) is 10.00 Å². The van der Waals surface area contributed by atoms with E-state index in [0.29, 0.717) is 38.2 Å². The number of amides is 1. The second kappa shape index (κ2) is 6.70. The number of carbonyl (C=O) groups is 1. The number of hydrogen-bond acceptors (Lipinski definition) is 4. The molecule has 1 heterocycles. The molecule has 0 spiro atoms. The average molecular weight is 288 g/mol. The van der Waals surface area contributed by atoms with E-state index >= 15 is 0 Å². The Labute approximate surface area is 124 Å². The van der Waals surface area contributed by atoms with Crippen molar-refractivity contribution >= 4 is 5.91 Å². The lowest BCUT2D eigenvalue weighted by Gasteiger charge is -2.35. The van der Waals surface area contributed by atoms with Crippen LogP contribution in [-0.2, 0) is 16.0 Å².